The van der Waals surface area contributed by atoms with Crippen molar-refractivity contribution in [3.05, 3.63) is 65.0 Å². The van der Waals surface area contributed by atoms with E-state index in [0.717, 1.165) is 16.8 Å². The Bertz CT molecular complexity index is 1700. The summed E-state index contributed by atoms with van der Waals surface area (Å²) in [5.74, 6) is 1.06. The van der Waals surface area contributed by atoms with Crippen molar-refractivity contribution in [3.8, 4) is 11.5 Å². The molecule has 0 saturated heterocycles. The Balaban J connectivity index is 1.47. The van der Waals surface area contributed by atoms with Crippen molar-refractivity contribution in [2.24, 2.45) is 0 Å². The van der Waals surface area contributed by atoms with Crippen molar-refractivity contribution in [2.45, 2.75) is 38.9 Å². The predicted molar refractivity (Wildman–Crippen MR) is 147 cm³/mol. The first-order valence-corrected chi connectivity index (χ1v) is 13.3. The molecule has 5 aromatic rings. The summed E-state index contributed by atoms with van der Waals surface area (Å²) < 4.78 is 28.4. The molecule has 3 aromatic heterocycles. The molecule has 0 aliphatic carbocycles. The van der Waals surface area contributed by atoms with E-state index in [1.165, 1.54) is 17.8 Å². The minimum absolute atomic E-state index is 0.0390. The van der Waals surface area contributed by atoms with E-state index in [-0.39, 0.29) is 17.5 Å². The summed E-state index contributed by atoms with van der Waals surface area (Å²) in [6.45, 7) is 6.26. The van der Waals surface area contributed by atoms with Crippen LogP contribution in [0.1, 0.15) is 22.8 Å². The Morgan fingerprint density at radius 1 is 1.03 bits per heavy atom. The third-order valence-electron chi connectivity index (χ3n) is 6.23. The molecule has 5 rings (SSSR count). The van der Waals surface area contributed by atoms with Crippen molar-refractivity contribution in [1.82, 2.24) is 29.4 Å². The van der Waals surface area contributed by atoms with Gasteiger partial charge in [-0.2, -0.15) is 9.61 Å². The van der Waals surface area contributed by atoms with Crippen molar-refractivity contribution >= 4 is 39.9 Å². The normalized spacial score (nSPS) is 11.3. The first-order chi connectivity index (χ1) is 18.7. The second-order valence-electron chi connectivity index (χ2n) is 9.08. The number of carbonyl (C=O) groups is 1. The van der Waals surface area contributed by atoms with Gasteiger partial charge in [0.15, 0.2) is 28.1 Å². The molecule has 3 heterocycles. The molecule has 2 aromatic carbocycles. The molecule has 12 heteroatoms. The minimum atomic E-state index is -0.377. The fourth-order valence-corrected chi connectivity index (χ4v) is 5.00. The number of anilines is 1. The molecule has 1 N–H and O–H groups in total. The zero-order chi connectivity index (χ0) is 27.7. The van der Waals surface area contributed by atoms with E-state index in [0.29, 0.717) is 57.9 Å². The monoisotopic (exact) mass is 549 g/mol. The van der Waals surface area contributed by atoms with E-state index >= 15 is 0 Å². The highest BCUT2D eigenvalue weighted by molar-refractivity contribution is 7.99. The molecule has 0 aliphatic heterocycles. The molecule has 0 unspecified atom stereocenters. The lowest BCUT2D eigenvalue weighted by Crippen LogP contribution is -2.15. The van der Waals surface area contributed by atoms with Crippen LogP contribution < -0.4 is 14.8 Å². The van der Waals surface area contributed by atoms with Crippen LogP contribution in [0.3, 0.4) is 0 Å². The molecule has 0 fully saturated rings. The van der Waals surface area contributed by atoms with Crippen molar-refractivity contribution in [3.63, 3.8) is 0 Å². The van der Waals surface area contributed by atoms with Crippen molar-refractivity contribution in [2.75, 3.05) is 25.3 Å². The number of aromatic nitrogens is 6. The Kier molecular flexibility index (Phi) is 7.38. The molecule has 39 heavy (non-hydrogen) atoms. The lowest BCUT2D eigenvalue weighted by atomic mass is 10.2. The number of halogens is 1. The van der Waals surface area contributed by atoms with Gasteiger partial charge in [-0.3, -0.25) is 9.48 Å². The molecule has 0 aliphatic rings. The maximum absolute atomic E-state index is 13.9. The van der Waals surface area contributed by atoms with Crippen LogP contribution in [0.4, 0.5) is 10.1 Å². The van der Waals surface area contributed by atoms with Gasteiger partial charge in [-0.15, -0.1) is 5.10 Å². The summed E-state index contributed by atoms with van der Waals surface area (Å²) in [5, 5.41) is 13.2. The summed E-state index contributed by atoms with van der Waals surface area (Å²) in [6.07, 6.45) is 0.558. The number of rotatable bonds is 9. The smallest absolute Gasteiger partial charge is 0.234 e. The van der Waals surface area contributed by atoms with Gasteiger partial charge < -0.3 is 14.8 Å². The third-order valence-corrected chi connectivity index (χ3v) is 7.16. The largest absolute Gasteiger partial charge is 0.493 e. The fourth-order valence-electron chi connectivity index (χ4n) is 4.26. The quantitative estimate of drug-likeness (QED) is 0.211. The van der Waals surface area contributed by atoms with Gasteiger partial charge in [0.1, 0.15) is 5.82 Å². The minimum Gasteiger partial charge on any atom is -0.493 e. The molecule has 10 nitrogen and oxygen atoms in total. The van der Waals surface area contributed by atoms with Crippen molar-refractivity contribution < 1.29 is 18.7 Å². The zero-order valence-electron chi connectivity index (χ0n) is 22.3. The number of nitrogens with zero attached hydrogens (tertiary/aromatic N) is 6. The Morgan fingerprint density at radius 3 is 2.49 bits per heavy atom. The summed E-state index contributed by atoms with van der Waals surface area (Å²) in [7, 11) is 3.13. The van der Waals surface area contributed by atoms with Crippen LogP contribution in [0.5, 0.6) is 11.5 Å². The van der Waals surface area contributed by atoms with Crippen molar-refractivity contribution in [1.29, 1.82) is 0 Å². The van der Waals surface area contributed by atoms with Gasteiger partial charge in [-0.05, 0) is 50.6 Å². The van der Waals surface area contributed by atoms with E-state index < -0.39 is 0 Å². The van der Waals surface area contributed by atoms with Gasteiger partial charge >= 0.3 is 0 Å². The van der Waals surface area contributed by atoms with Crippen LogP contribution in [0, 0.1) is 26.6 Å². The first kappa shape index (κ1) is 26.4. The van der Waals surface area contributed by atoms with E-state index in [9.17, 15) is 9.18 Å². The molecule has 0 bridgehead atoms. The molecule has 0 saturated carbocycles. The Labute approximate surface area is 228 Å². The number of thioether (sulfide) groups is 1. The fraction of sp³-hybridized carbons (Fsp3) is 0.296. The molecule has 0 radical (unpaired) electrons. The SMILES string of the molecule is COc1cc2nc(SCC(=O)Nc3ccc(C)c(F)c3)n3nc(CCn4nc(C)cc4C)nc3c2cc1OC. The number of benzene rings is 2. The molecule has 202 valence electrons. The van der Waals surface area contributed by atoms with E-state index in [4.69, 9.17) is 24.5 Å². The molecule has 0 spiro atoms. The summed E-state index contributed by atoms with van der Waals surface area (Å²) >= 11 is 1.21. The van der Waals surface area contributed by atoms with Gasteiger partial charge in [0.25, 0.3) is 0 Å². The third kappa shape index (κ3) is 5.51. The van der Waals surface area contributed by atoms with E-state index in [2.05, 4.69) is 10.4 Å². The number of fused-ring (bicyclic) bond motifs is 3. The lowest BCUT2D eigenvalue weighted by Gasteiger charge is -2.11. The number of hydrogen-bond acceptors (Lipinski definition) is 8. The first-order valence-electron chi connectivity index (χ1n) is 12.3. The second kappa shape index (κ2) is 10.9. The van der Waals surface area contributed by atoms with Gasteiger partial charge in [-0.25, -0.2) is 14.4 Å². The number of methoxy groups -OCH3 is 2. The molecular formula is C27H28FN7O3S. The van der Waals surface area contributed by atoms with Gasteiger partial charge in [0.2, 0.25) is 5.91 Å². The maximum atomic E-state index is 13.9. The highest BCUT2D eigenvalue weighted by Gasteiger charge is 2.18. The second-order valence-corrected chi connectivity index (χ2v) is 10.0. The topological polar surface area (TPSA) is 108 Å². The van der Waals surface area contributed by atoms with Gasteiger partial charge in [0.05, 0.1) is 31.2 Å². The number of ether oxygens (including phenoxy) is 2. The van der Waals surface area contributed by atoms with Gasteiger partial charge in [-0.1, -0.05) is 17.8 Å². The number of aryl methyl sites for hydroxylation is 5. The highest BCUT2D eigenvalue weighted by Crippen LogP contribution is 2.34. The average Bonchev–Trinajstić information content (AvgIpc) is 3.49. The van der Waals surface area contributed by atoms with Crippen LogP contribution in [-0.2, 0) is 17.8 Å². The molecular weight excluding hydrogens is 521 g/mol. The standard InChI is InChI=1S/C27H28FN7O3S/c1-15-6-7-18(11-20(15)28)29-25(36)14-39-27-30-21-13-23(38-5)22(37-4)12-19(21)26-31-24(33-35(26)27)8-9-34-17(3)10-16(2)32-34/h6-7,10-13H,8-9,14H2,1-5H3,(H,29,36). The van der Waals surface area contributed by atoms with E-state index in [1.807, 2.05) is 30.7 Å². The number of hydrogen-bond donors (Lipinski definition) is 1. The maximum Gasteiger partial charge on any atom is 0.234 e. The molecule has 1 amide bonds. The van der Waals surface area contributed by atoms with Crippen LogP contribution in [0.15, 0.2) is 41.6 Å². The van der Waals surface area contributed by atoms with Crippen LogP contribution in [0.25, 0.3) is 16.6 Å². The van der Waals surface area contributed by atoms with Crippen LogP contribution in [0.2, 0.25) is 0 Å². The van der Waals surface area contributed by atoms with Gasteiger partial charge in [0, 0.05) is 35.8 Å². The van der Waals surface area contributed by atoms with Crippen LogP contribution >= 0.6 is 11.8 Å². The zero-order valence-corrected chi connectivity index (χ0v) is 23.1. The van der Waals surface area contributed by atoms with E-state index in [1.54, 1.807) is 43.9 Å². The Hall–Kier alpha value is -4.19. The highest BCUT2D eigenvalue weighted by atomic mass is 32.2. The summed E-state index contributed by atoms with van der Waals surface area (Å²) in [6, 6.07) is 10.2. The molecule has 0 atom stereocenters. The predicted octanol–water partition coefficient (Wildman–Crippen LogP) is 4.53. The Morgan fingerprint density at radius 2 is 1.79 bits per heavy atom. The number of nitrogens with one attached hydrogen (secondary N) is 1. The lowest BCUT2D eigenvalue weighted by molar-refractivity contribution is -0.113. The summed E-state index contributed by atoms with van der Waals surface area (Å²) in [5.41, 5.74) is 4.14. The number of carbonyl (C=O) groups excluding carboxylic acids is 1. The summed E-state index contributed by atoms with van der Waals surface area (Å²) in [4.78, 5) is 22.3. The average molecular weight is 550 g/mol. The van der Waals surface area contributed by atoms with Crippen LogP contribution in [-0.4, -0.2) is 55.2 Å². The number of amides is 1.